The molecule has 0 bridgehead atoms. The number of pyridine rings is 1. The van der Waals surface area contributed by atoms with E-state index in [1.165, 1.54) is 6.07 Å². The number of aromatic nitrogens is 1. The highest BCUT2D eigenvalue weighted by atomic mass is 19.3. The molecule has 0 radical (unpaired) electrons. The molecular formula is C7H3F3N2O. The van der Waals surface area contributed by atoms with Gasteiger partial charge in [-0.2, -0.15) is 9.65 Å². The molecule has 1 heterocycles. The van der Waals surface area contributed by atoms with Crippen molar-refractivity contribution in [1.29, 1.82) is 5.26 Å². The third-order valence-electron chi connectivity index (χ3n) is 1.35. The normalized spacial score (nSPS) is 10.1. The Labute approximate surface area is 70.4 Å². The van der Waals surface area contributed by atoms with Gasteiger partial charge < -0.3 is 4.98 Å². The Bertz CT molecular complexity index is 419. The van der Waals surface area contributed by atoms with Crippen LogP contribution in [-0.2, 0) is 0 Å². The van der Waals surface area contributed by atoms with Crippen LogP contribution in [-0.4, -0.2) is 4.98 Å². The number of rotatable bonds is 1. The van der Waals surface area contributed by atoms with Crippen LogP contribution < -0.4 is 5.43 Å². The summed E-state index contributed by atoms with van der Waals surface area (Å²) < 4.78 is 36.5. The molecule has 0 unspecified atom stereocenters. The summed E-state index contributed by atoms with van der Waals surface area (Å²) in [5, 5.41) is 8.23. The fourth-order valence-corrected chi connectivity index (χ4v) is 0.769. The van der Waals surface area contributed by atoms with Crippen molar-refractivity contribution in [2.75, 3.05) is 0 Å². The van der Waals surface area contributed by atoms with Gasteiger partial charge in [0.25, 0.3) is 6.43 Å². The van der Waals surface area contributed by atoms with Crippen LogP contribution in [0.3, 0.4) is 0 Å². The Balaban J connectivity index is 3.40. The van der Waals surface area contributed by atoms with E-state index in [4.69, 9.17) is 5.26 Å². The topological polar surface area (TPSA) is 56.6 Å². The summed E-state index contributed by atoms with van der Waals surface area (Å²) in [6.45, 7) is 0. The summed E-state index contributed by atoms with van der Waals surface area (Å²) in [7, 11) is 0. The molecule has 0 fully saturated rings. The molecule has 0 amide bonds. The SMILES string of the molecule is N#Cc1c(F)[nH]c(C(F)F)cc1=O. The molecule has 68 valence electrons. The molecule has 1 aromatic rings. The van der Waals surface area contributed by atoms with Crippen LogP contribution in [0.4, 0.5) is 13.2 Å². The molecule has 0 aliphatic heterocycles. The Kier molecular flexibility index (Phi) is 2.37. The smallest absolute Gasteiger partial charge is 0.278 e. The molecule has 0 saturated carbocycles. The molecule has 0 spiro atoms. The first-order valence-electron chi connectivity index (χ1n) is 3.17. The number of H-pyrrole nitrogens is 1. The molecule has 0 aromatic carbocycles. The second-order valence-electron chi connectivity index (χ2n) is 2.19. The van der Waals surface area contributed by atoms with Gasteiger partial charge in [0.15, 0.2) is 5.56 Å². The van der Waals surface area contributed by atoms with E-state index < -0.39 is 29.1 Å². The van der Waals surface area contributed by atoms with Gasteiger partial charge in [0, 0.05) is 6.07 Å². The van der Waals surface area contributed by atoms with E-state index in [9.17, 15) is 18.0 Å². The number of hydrogen-bond donors (Lipinski definition) is 1. The summed E-state index contributed by atoms with van der Waals surface area (Å²) in [4.78, 5) is 12.4. The predicted octanol–water partition coefficient (Wildman–Crippen LogP) is 1.32. The highest BCUT2D eigenvalue weighted by molar-refractivity contribution is 5.28. The number of aromatic amines is 1. The van der Waals surface area contributed by atoms with Crippen LogP contribution >= 0.6 is 0 Å². The standard InChI is InChI=1S/C7H3F3N2O/c8-6(9)4-1-5(13)3(2-11)7(10)12-4/h1,6H,(H,12,13). The molecule has 6 heteroatoms. The van der Waals surface area contributed by atoms with Crippen LogP contribution in [0.15, 0.2) is 10.9 Å². The van der Waals surface area contributed by atoms with E-state index in [0.717, 1.165) is 0 Å². The first-order valence-corrected chi connectivity index (χ1v) is 3.17. The lowest BCUT2D eigenvalue weighted by Crippen LogP contribution is -2.12. The van der Waals surface area contributed by atoms with Gasteiger partial charge in [-0.05, 0) is 0 Å². The fraction of sp³-hybridized carbons (Fsp3) is 0.143. The Hall–Kier alpha value is -1.77. The van der Waals surface area contributed by atoms with Crippen molar-refractivity contribution in [3.05, 3.63) is 33.5 Å². The summed E-state index contributed by atoms with van der Waals surface area (Å²) in [6, 6.07) is 1.77. The highest BCUT2D eigenvalue weighted by Crippen LogP contribution is 2.14. The molecule has 1 N–H and O–H groups in total. The summed E-state index contributed by atoms with van der Waals surface area (Å²) >= 11 is 0. The van der Waals surface area contributed by atoms with Crippen LogP contribution in [0.25, 0.3) is 0 Å². The van der Waals surface area contributed by atoms with Crippen molar-refractivity contribution >= 4 is 0 Å². The van der Waals surface area contributed by atoms with Gasteiger partial charge in [-0.25, -0.2) is 8.78 Å². The van der Waals surface area contributed by atoms with Crippen molar-refractivity contribution in [2.45, 2.75) is 6.43 Å². The van der Waals surface area contributed by atoms with E-state index in [1.54, 1.807) is 4.98 Å². The lowest BCUT2D eigenvalue weighted by Gasteiger charge is -1.99. The van der Waals surface area contributed by atoms with Crippen LogP contribution in [0.1, 0.15) is 17.7 Å². The third kappa shape index (κ3) is 1.69. The van der Waals surface area contributed by atoms with E-state index >= 15 is 0 Å². The van der Waals surface area contributed by atoms with Gasteiger partial charge in [0.1, 0.15) is 6.07 Å². The zero-order valence-corrected chi connectivity index (χ0v) is 6.14. The quantitative estimate of drug-likeness (QED) is 0.675. The first kappa shape index (κ1) is 9.32. The van der Waals surface area contributed by atoms with Crippen LogP contribution in [0, 0.1) is 17.3 Å². The maximum Gasteiger partial charge on any atom is 0.278 e. The average molecular weight is 188 g/mol. The minimum atomic E-state index is -2.96. The molecule has 1 aromatic heterocycles. The number of nitriles is 1. The number of hydrogen-bond acceptors (Lipinski definition) is 2. The molecule has 0 aliphatic rings. The number of alkyl halides is 2. The summed E-state index contributed by atoms with van der Waals surface area (Å²) in [5.74, 6) is -1.33. The zero-order valence-electron chi connectivity index (χ0n) is 6.14. The molecule has 0 atom stereocenters. The maximum absolute atomic E-state index is 12.7. The van der Waals surface area contributed by atoms with Gasteiger partial charge >= 0.3 is 0 Å². The van der Waals surface area contributed by atoms with E-state index in [0.29, 0.717) is 6.07 Å². The largest absolute Gasteiger partial charge is 0.329 e. The number of nitrogens with one attached hydrogen (secondary N) is 1. The minimum absolute atomic E-state index is 0.506. The van der Waals surface area contributed by atoms with Crippen LogP contribution in [0.5, 0.6) is 0 Å². The third-order valence-corrected chi connectivity index (χ3v) is 1.35. The monoisotopic (exact) mass is 188 g/mol. The van der Waals surface area contributed by atoms with Gasteiger partial charge in [0.2, 0.25) is 11.4 Å². The van der Waals surface area contributed by atoms with Gasteiger partial charge in [-0.3, -0.25) is 4.79 Å². The van der Waals surface area contributed by atoms with E-state index in [2.05, 4.69) is 0 Å². The minimum Gasteiger partial charge on any atom is -0.329 e. The lowest BCUT2D eigenvalue weighted by molar-refractivity contribution is 0.144. The van der Waals surface area contributed by atoms with Gasteiger partial charge in [-0.15, -0.1) is 0 Å². The van der Waals surface area contributed by atoms with Crippen molar-refractivity contribution in [1.82, 2.24) is 4.98 Å². The summed E-state index contributed by atoms with van der Waals surface area (Å²) in [6.07, 6.45) is -2.96. The second-order valence-corrected chi connectivity index (χ2v) is 2.19. The molecule has 0 saturated heterocycles. The van der Waals surface area contributed by atoms with E-state index in [-0.39, 0.29) is 0 Å². The predicted molar refractivity (Wildman–Crippen MR) is 36.7 cm³/mol. The van der Waals surface area contributed by atoms with Gasteiger partial charge in [0.05, 0.1) is 5.69 Å². The van der Waals surface area contributed by atoms with Crippen molar-refractivity contribution < 1.29 is 13.2 Å². The average Bonchev–Trinajstić information content (AvgIpc) is 2.03. The zero-order chi connectivity index (χ0) is 10.0. The molecule has 1 rings (SSSR count). The second kappa shape index (κ2) is 3.31. The molecule has 13 heavy (non-hydrogen) atoms. The Morgan fingerprint density at radius 2 is 2.15 bits per heavy atom. The molecule has 0 aliphatic carbocycles. The van der Waals surface area contributed by atoms with Crippen molar-refractivity contribution in [2.24, 2.45) is 0 Å². The van der Waals surface area contributed by atoms with Gasteiger partial charge in [-0.1, -0.05) is 0 Å². The van der Waals surface area contributed by atoms with Crippen molar-refractivity contribution in [3.8, 4) is 6.07 Å². The van der Waals surface area contributed by atoms with Crippen LogP contribution in [0.2, 0.25) is 0 Å². The Morgan fingerprint density at radius 3 is 2.54 bits per heavy atom. The van der Waals surface area contributed by atoms with Crippen molar-refractivity contribution in [3.63, 3.8) is 0 Å². The van der Waals surface area contributed by atoms with E-state index in [1.807, 2.05) is 0 Å². The number of nitrogens with zero attached hydrogens (tertiary/aromatic N) is 1. The fourth-order valence-electron chi connectivity index (χ4n) is 0.769. The first-order chi connectivity index (χ1) is 6.06. The molecular weight excluding hydrogens is 185 g/mol. The highest BCUT2D eigenvalue weighted by Gasteiger charge is 2.14. The Morgan fingerprint density at radius 1 is 1.54 bits per heavy atom. The molecule has 3 nitrogen and oxygen atoms in total. The number of halogens is 3. The summed E-state index contributed by atoms with van der Waals surface area (Å²) in [5.41, 5.74) is -2.67. The lowest BCUT2D eigenvalue weighted by atomic mass is 10.2. The maximum atomic E-state index is 12.7.